The predicted octanol–water partition coefficient (Wildman–Crippen LogP) is 3.48. The van der Waals surface area contributed by atoms with Crippen molar-refractivity contribution < 1.29 is 19.1 Å². The molecule has 2 aromatic carbocycles. The SMILES string of the molecule is COC(=O)/C=C/c1ccc2c(c1)C(=O)CC1(CCN(Cc3ccccc3)C1)O2. The Hall–Kier alpha value is -2.92. The first-order chi connectivity index (χ1) is 13.6. The molecule has 1 atom stereocenters. The maximum absolute atomic E-state index is 12.8. The smallest absolute Gasteiger partial charge is 0.330 e. The van der Waals surface area contributed by atoms with Crippen LogP contribution in [0, 0.1) is 0 Å². The van der Waals surface area contributed by atoms with Crippen LogP contribution in [0.3, 0.4) is 0 Å². The Labute approximate surface area is 164 Å². The Morgan fingerprint density at radius 1 is 1.25 bits per heavy atom. The van der Waals surface area contributed by atoms with Crippen LogP contribution in [-0.4, -0.2) is 42.5 Å². The minimum atomic E-state index is -0.442. The number of methoxy groups -OCH3 is 1. The predicted molar refractivity (Wildman–Crippen MR) is 106 cm³/mol. The zero-order chi connectivity index (χ0) is 19.6. The van der Waals surface area contributed by atoms with Gasteiger partial charge in [0.2, 0.25) is 0 Å². The van der Waals surface area contributed by atoms with Crippen LogP contribution in [0.1, 0.15) is 34.3 Å². The minimum absolute atomic E-state index is 0.0936. The summed E-state index contributed by atoms with van der Waals surface area (Å²) in [6.07, 6.45) is 4.21. The summed E-state index contributed by atoms with van der Waals surface area (Å²) in [4.78, 5) is 26.5. The summed E-state index contributed by atoms with van der Waals surface area (Å²) in [5.41, 5.74) is 2.18. The van der Waals surface area contributed by atoms with Gasteiger partial charge in [0.25, 0.3) is 0 Å². The van der Waals surface area contributed by atoms with Crippen molar-refractivity contribution >= 4 is 17.8 Å². The fourth-order valence-corrected chi connectivity index (χ4v) is 3.98. The number of carbonyl (C=O) groups is 2. The van der Waals surface area contributed by atoms with E-state index in [-0.39, 0.29) is 5.78 Å². The Kier molecular flexibility index (Phi) is 5.01. The minimum Gasteiger partial charge on any atom is -0.485 e. The Balaban J connectivity index is 1.48. The van der Waals surface area contributed by atoms with Gasteiger partial charge in [0, 0.05) is 32.1 Å². The fraction of sp³-hybridized carbons (Fsp3) is 0.304. The highest BCUT2D eigenvalue weighted by Crippen LogP contribution is 2.39. The van der Waals surface area contributed by atoms with E-state index in [0.29, 0.717) is 17.7 Å². The lowest BCUT2D eigenvalue weighted by atomic mass is 9.88. The molecule has 0 N–H and O–H groups in total. The van der Waals surface area contributed by atoms with E-state index >= 15 is 0 Å². The van der Waals surface area contributed by atoms with E-state index in [4.69, 9.17) is 4.74 Å². The summed E-state index contributed by atoms with van der Waals surface area (Å²) in [6.45, 7) is 2.53. The van der Waals surface area contributed by atoms with Crippen molar-refractivity contribution in [2.24, 2.45) is 0 Å². The second kappa shape index (κ2) is 7.60. The molecule has 0 saturated carbocycles. The van der Waals surface area contributed by atoms with E-state index in [2.05, 4.69) is 21.8 Å². The number of likely N-dealkylation sites (tertiary alicyclic amines) is 1. The van der Waals surface area contributed by atoms with Gasteiger partial charge in [-0.2, -0.15) is 0 Å². The van der Waals surface area contributed by atoms with Gasteiger partial charge in [-0.25, -0.2) is 4.79 Å². The van der Waals surface area contributed by atoms with Crippen molar-refractivity contribution in [3.63, 3.8) is 0 Å². The van der Waals surface area contributed by atoms with Gasteiger partial charge in [-0.05, 0) is 29.3 Å². The highest BCUT2D eigenvalue weighted by atomic mass is 16.5. The standard InChI is InChI=1S/C23H23NO4/c1-27-22(26)10-8-17-7-9-21-19(13-17)20(25)14-23(28-21)11-12-24(16-23)15-18-5-3-2-4-6-18/h2-10,13H,11-12,14-16H2,1H3/b10-8+. The van der Waals surface area contributed by atoms with Crippen LogP contribution < -0.4 is 4.74 Å². The van der Waals surface area contributed by atoms with Crippen molar-refractivity contribution in [1.82, 2.24) is 4.90 Å². The number of rotatable bonds is 4. The topological polar surface area (TPSA) is 55.8 Å². The molecule has 144 valence electrons. The van der Waals surface area contributed by atoms with Gasteiger partial charge in [0.1, 0.15) is 11.4 Å². The summed E-state index contributed by atoms with van der Waals surface area (Å²) in [7, 11) is 1.33. The normalized spacial score (nSPS) is 21.7. The van der Waals surface area contributed by atoms with Crippen LogP contribution in [0.5, 0.6) is 5.75 Å². The molecule has 2 aliphatic rings. The summed E-state index contributed by atoms with van der Waals surface area (Å²) in [5, 5.41) is 0. The van der Waals surface area contributed by atoms with Crippen LogP contribution >= 0.6 is 0 Å². The number of hydrogen-bond donors (Lipinski definition) is 0. The Bertz CT molecular complexity index is 921. The molecule has 28 heavy (non-hydrogen) atoms. The number of ether oxygens (including phenoxy) is 2. The van der Waals surface area contributed by atoms with E-state index in [1.165, 1.54) is 18.7 Å². The second-order valence-corrected chi connectivity index (χ2v) is 7.44. The van der Waals surface area contributed by atoms with Gasteiger partial charge < -0.3 is 9.47 Å². The van der Waals surface area contributed by atoms with Gasteiger partial charge >= 0.3 is 5.97 Å². The zero-order valence-corrected chi connectivity index (χ0v) is 15.9. The first-order valence-corrected chi connectivity index (χ1v) is 9.45. The largest absolute Gasteiger partial charge is 0.485 e. The lowest BCUT2D eigenvalue weighted by Crippen LogP contribution is -2.44. The number of esters is 1. The molecule has 1 saturated heterocycles. The number of ketones is 1. The van der Waals surface area contributed by atoms with Crippen molar-refractivity contribution in [1.29, 1.82) is 0 Å². The molecular weight excluding hydrogens is 354 g/mol. The van der Waals surface area contributed by atoms with E-state index in [1.807, 2.05) is 30.3 Å². The average Bonchev–Trinajstić information content (AvgIpc) is 3.08. The van der Waals surface area contributed by atoms with E-state index < -0.39 is 11.6 Å². The zero-order valence-electron chi connectivity index (χ0n) is 15.9. The molecule has 0 aliphatic carbocycles. The number of carbonyl (C=O) groups excluding carboxylic acids is 2. The summed E-state index contributed by atoms with van der Waals surface area (Å²) < 4.78 is 10.9. The highest BCUT2D eigenvalue weighted by molar-refractivity contribution is 6.01. The van der Waals surface area contributed by atoms with Crippen molar-refractivity contribution in [3.05, 3.63) is 71.3 Å². The molecule has 4 rings (SSSR count). The maximum atomic E-state index is 12.8. The van der Waals surface area contributed by atoms with Gasteiger partial charge in [-0.3, -0.25) is 9.69 Å². The summed E-state index contributed by atoms with van der Waals surface area (Å²) in [6, 6.07) is 15.8. The van der Waals surface area contributed by atoms with Gasteiger partial charge in [-0.15, -0.1) is 0 Å². The van der Waals surface area contributed by atoms with Crippen molar-refractivity contribution in [2.75, 3.05) is 20.2 Å². The maximum Gasteiger partial charge on any atom is 0.330 e. The first-order valence-electron chi connectivity index (χ1n) is 9.45. The molecule has 1 unspecified atom stereocenters. The van der Waals surface area contributed by atoms with Gasteiger partial charge in [-0.1, -0.05) is 36.4 Å². The molecular formula is C23H23NO4. The van der Waals surface area contributed by atoms with Crippen LogP contribution in [0.15, 0.2) is 54.6 Å². The molecule has 2 aliphatic heterocycles. The molecule has 1 spiro atoms. The highest BCUT2D eigenvalue weighted by Gasteiger charge is 2.45. The Morgan fingerprint density at radius 3 is 2.86 bits per heavy atom. The Morgan fingerprint density at radius 2 is 2.07 bits per heavy atom. The molecule has 0 radical (unpaired) electrons. The lowest BCUT2D eigenvalue weighted by Gasteiger charge is -2.35. The fourth-order valence-electron chi connectivity index (χ4n) is 3.98. The van der Waals surface area contributed by atoms with Gasteiger partial charge in [0.05, 0.1) is 19.1 Å². The number of Topliss-reactive ketones (excluding diaryl/α,β-unsaturated/α-hetero) is 1. The molecule has 0 aromatic heterocycles. The third kappa shape index (κ3) is 3.85. The number of benzene rings is 2. The van der Waals surface area contributed by atoms with Crippen LogP contribution in [0.2, 0.25) is 0 Å². The third-order valence-corrected chi connectivity index (χ3v) is 5.37. The summed E-state index contributed by atoms with van der Waals surface area (Å²) in [5.74, 6) is 0.299. The molecule has 1 fully saturated rings. The van der Waals surface area contributed by atoms with E-state index in [1.54, 1.807) is 12.1 Å². The average molecular weight is 377 g/mol. The van der Waals surface area contributed by atoms with Crippen LogP contribution in [0.4, 0.5) is 0 Å². The van der Waals surface area contributed by atoms with Crippen molar-refractivity contribution in [3.8, 4) is 5.75 Å². The van der Waals surface area contributed by atoms with Crippen LogP contribution in [-0.2, 0) is 16.1 Å². The second-order valence-electron chi connectivity index (χ2n) is 7.44. The number of fused-ring (bicyclic) bond motifs is 1. The van der Waals surface area contributed by atoms with E-state index in [0.717, 1.165) is 31.6 Å². The first kappa shape index (κ1) is 18.4. The summed E-state index contributed by atoms with van der Waals surface area (Å²) >= 11 is 0. The molecule has 2 aromatic rings. The number of hydrogen-bond acceptors (Lipinski definition) is 5. The van der Waals surface area contributed by atoms with Crippen LogP contribution in [0.25, 0.3) is 6.08 Å². The third-order valence-electron chi connectivity index (χ3n) is 5.37. The molecule has 0 bridgehead atoms. The molecule has 2 heterocycles. The molecule has 5 heteroatoms. The monoisotopic (exact) mass is 377 g/mol. The van der Waals surface area contributed by atoms with Gasteiger partial charge in [0.15, 0.2) is 5.78 Å². The van der Waals surface area contributed by atoms with E-state index in [9.17, 15) is 9.59 Å². The number of nitrogens with zero attached hydrogens (tertiary/aromatic N) is 1. The quantitative estimate of drug-likeness (QED) is 0.603. The van der Waals surface area contributed by atoms with Crippen molar-refractivity contribution in [2.45, 2.75) is 25.0 Å². The molecule has 0 amide bonds. The lowest BCUT2D eigenvalue weighted by molar-refractivity contribution is -0.134. The molecule has 5 nitrogen and oxygen atoms in total.